The van der Waals surface area contributed by atoms with E-state index in [0.29, 0.717) is 22.4 Å². The van der Waals surface area contributed by atoms with E-state index in [0.717, 1.165) is 5.39 Å². The van der Waals surface area contributed by atoms with Crippen LogP contribution in [-0.2, 0) is 11.3 Å². The molecule has 0 aliphatic heterocycles. The lowest BCUT2D eigenvalue weighted by atomic mass is 10.1. The van der Waals surface area contributed by atoms with Crippen molar-refractivity contribution in [3.05, 3.63) is 65.4 Å². The second-order valence-electron chi connectivity index (χ2n) is 5.45. The van der Waals surface area contributed by atoms with Gasteiger partial charge in [-0.25, -0.2) is 0 Å². The average molecular weight is 338 g/mol. The molecule has 128 valence electrons. The fourth-order valence-corrected chi connectivity index (χ4v) is 2.61. The van der Waals surface area contributed by atoms with E-state index >= 15 is 0 Å². The molecule has 2 amide bonds. The van der Waals surface area contributed by atoms with E-state index in [1.807, 2.05) is 24.3 Å². The minimum Gasteiger partial charge on any atom is -0.451 e. The Bertz CT molecular complexity index is 913. The number of carbonyl (C=O) groups excluding carboxylic acids is 2. The number of fused-ring (bicyclic) bond motifs is 1. The minimum absolute atomic E-state index is 0.183. The number of carbonyl (C=O) groups is 2. The highest BCUT2D eigenvalue weighted by molar-refractivity contribution is 6.06. The topological polar surface area (TPSA) is 80.6 Å². The Morgan fingerprint density at radius 2 is 1.76 bits per heavy atom. The van der Waals surface area contributed by atoms with E-state index in [4.69, 9.17) is 9.15 Å². The van der Waals surface area contributed by atoms with Crippen molar-refractivity contribution >= 4 is 28.5 Å². The molecule has 2 aromatic carbocycles. The Labute approximate surface area is 144 Å². The number of nitrogens with one attached hydrogen (secondary N) is 2. The van der Waals surface area contributed by atoms with E-state index in [1.54, 1.807) is 38.4 Å². The Balaban J connectivity index is 1.87. The summed E-state index contributed by atoms with van der Waals surface area (Å²) in [5.41, 5.74) is 2.43. The van der Waals surface area contributed by atoms with Crippen LogP contribution in [-0.4, -0.2) is 26.0 Å². The third-order valence-electron chi connectivity index (χ3n) is 3.83. The summed E-state index contributed by atoms with van der Waals surface area (Å²) in [6.07, 6.45) is 0. The van der Waals surface area contributed by atoms with Crippen molar-refractivity contribution in [3.8, 4) is 0 Å². The van der Waals surface area contributed by atoms with E-state index in [-0.39, 0.29) is 24.2 Å². The normalized spacial score (nSPS) is 10.6. The van der Waals surface area contributed by atoms with Gasteiger partial charge in [-0.05, 0) is 30.3 Å². The summed E-state index contributed by atoms with van der Waals surface area (Å²) in [5.74, 6) is -0.327. The molecule has 1 heterocycles. The number of hydrogen-bond acceptors (Lipinski definition) is 4. The molecule has 0 fully saturated rings. The lowest BCUT2D eigenvalue weighted by Crippen LogP contribution is -2.18. The molecule has 0 radical (unpaired) electrons. The molecule has 6 nitrogen and oxygen atoms in total. The molecule has 6 heteroatoms. The molecule has 2 N–H and O–H groups in total. The molecule has 0 aliphatic rings. The summed E-state index contributed by atoms with van der Waals surface area (Å²) in [4.78, 5) is 24.2. The fraction of sp³-hybridized carbons (Fsp3) is 0.158. The van der Waals surface area contributed by atoms with Gasteiger partial charge in [0, 0.05) is 36.4 Å². The lowest BCUT2D eigenvalue weighted by Gasteiger charge is -2.06. The zero-order valence-electron chi connectivity index (χ0n) is 14.0. The smallest absolute Gasteiger partial charge is 0.291 e. The molecule has 0 aliphatic carbocycles. The summed E-state index contributed by atoms with van der Waals surface area (Å²) in [6.45, 7) is 0.273. The summed E-state index contributed by atoms with van der Waals surface area (Å²) in [6, 6.07) is 14.1. The van der Waals surface area contributed by atoms with Crippen LogP contribution in [0.2, 0.25) is 0 Å². The van der Waals surface area contributed by atoms with Gasteiger partial charge in [0.1, 0.15) is 5.58 Å². The van der Waals surface area contributed by atoms with Crippen LogP contribution in [0.25, 0.3) is 11.0 Å². The van der Waals surface area contributed by atoms with Crippen molar-refractivity contribution < 1.29 is 18.7 Å². The second-order valence-corrected chi connectivity index (χ2v) is 5.45. The molecule has 3 rings (SSSR count). The Hall–Kier alpha value is -3.12. The van der Waals surface area contributed by atoms with Crippen LogP contribution >= 0.6 is 0 Å². The maximum absolute atomic E-state index is 12.6. The standard InChI is InChI=1S/C19H18N2O4/c1-20-18(22)12-7-9-13(10-8-12)21-19(23)17-15(11-24-2)14-5-3-4-6-16(14)25-17/h3-10H,11H2,1-2H3,(H,20,22)(H,21,23). The van der Waals surface area contributed by atoms with Gasteiger partial charge in [-0.1, -0.05) is 18.2 Å². The van der Waals surface area contributed by atoms with Crippen LogP contribution in [0.15, 0.2) is 52.9 Å². The molecule has 0 atom stereocenters. The second kappa shape index (κ2) is 7.19. The van der Waals surface area contributed by atoms with Crippen LogP contribution < -0.4 is 10.6 Å². The monoisotopic (exact) mass is 338 g/mol. The van der Waals surface area contributed by atoms with Crippen molar-refractivity contribution in [1.29, 1.82) is 0 Å². The van der Waals surface area contributed by atoms with E-state index in [1.165, 1.54) is 0 Å². The van der Waals surface area contributed by atoms with Gasteiger partial charge in [-0.3, -0.25) is 9.59 Å². The fourth-order valence-electron chi connectivity index (χ4n) is 2.61. The highest BCUT2D eigenvalue weighted by Gasteiger charge is 2.20. The van der Waals surface area contributed by atoms with Crippen molar-refractivity contribution in [3.63, 3.8) is 0 Å². The number of methoxy groups -OCH3 is 1. The van der Waals surface area contributed by atoms with Gasteiger partial charge in [0.25, 0.3) is 11.8 Å². The number of anilines is 1. The lowest BCUT2D eigenvalue weighted by molar-refractivity contribution is 0.0962. The highest BCUT2D eigenvalue weighted by atomic mass is 16.5. The molecule has 0 spiro atoms. The van der Waals surface area contributed by atoms with Gasteiger partial charge >= 0.3 is 0 Å². The van der Waals surface area contributed by atoms with Crippen LogP contribution in [0, 0.1) is 0 Å². The largest absolute Gasteiger partial charge is 0.451 e. The summed E-state index contributed by atoms with van der Waals surface area (Å²) in [7, 11) is 3.14. The van der Waals surface area contributed by atoms with Crippen molar-refractivity contribution in [2.24, 2.45) is 0 Å². The average Bonchev–Trinajstić information content (AvgIpc) is 3.01. The number of rotatable bonds is 5. The molecule has 0 unspecified atom stereocenters. The van der Waals surface area contributed by atoms with Gasteiger partial charge in [0.2, 0.25) is 0 Å². The van der Waals surface area contributed by atoms with Gasteiger partial charge in [-0.15, -0.1) is 0 Å². The third-order valence-corrected chi connectivity index (χ3v) is 3.83. The molecular weight excluding hydrogens is 320 g/mol. The minimum atomic E-state index is -0.365. The van der Waals surface area contributed by atoms with Gasteiger partial charge in [-0.2, -0.15) is 0 Å². The highest BCUT2D eigenvalue weighted by Crippen LogP contribution is 2.27. The third kappa shape index (κ3) is 3.39. The maximum Gasteiger partial charge on any atom is 0.291 e. The van der Waals surface area contributed by atoms with Crippen molar-refractivity contribution in [2.45, 2.75) is 6.61 Å². The summed E-state index contributed by atoms with van der Waals surface area (Å²) < 4.78 is 10.9. The van der Waals surface area contributed by atoms with E-state index < -0.39 is 0 Å². The maximum atomic E-state index is 12.6. The number of ether oxygens (including phenoxy) is 1. The first-order valence-corrected chi connectivity index (χ1v) is 7.77. The predicted molar refractivity (Wildman–Crippen MR) is 94.7 cm³/mol. The Morgan fingerprint density at radius 3 is 2.44 bits per heavy atom. The van der Waals surface area contributed by atoms with Crippen molar-refractivity contribution in [1.82, 2.24) is 5.32 Å². The Kier molecular flexibility index (Phi) is 4.81. The van der Waals surface area contributed by atoms with Crippen LogP contribution in [0.3, 0.4) is 0 Å². The SMILES string of the molecule is CNC(=O)c1ccc(NC(=O)c2oc3ccccc3c2COC)cc1. The molecule has 3 aromatic rings. The Morgan fingerprint density at radius 1 is 1.04 bits per heavy atom. The molecule has 0 bridgehead atoms. The van der Waals surface area contributed by atoms with Crippen LogP contribution in [0.1, 0.15) is 26.5 Å². The van der Waals surface area contributed by atoms with Gasteiger partial charge in [0.15, 0.2) is 5.76 Å². The number of para-hydroxylation sites is 1. The zero-order valence-corrected chi connectivity index (χ0v) is 14.0. The first-order valence-electron chi connectivity index (χ1n) is 7.77. The van der Waals surface area contributed by atoms with E-state index in [9.17, 15) is 9.59 Å². The number of amides is 2. The molecule has 25 heavy (non-hydrogen) atoms. The first-order chi connectivity index (χ1) is 12.1. The van der Waals surface area contributed by atoms with E-state index in [2.05, 4.69) is 10.6 Å². The number of hydrogen-bond donors (Lipinski definition) is 2. The summed E-state index contributed by atoms with van der Waals surface area (Å²) >= 11 is 0. The molecule has 0 saturated heterocycles. The molecular formula is C19H18N2O4. The predicted octanol–water partition coefficient (Wildman–Crippen LogP) is 3.19. The van der Waals surface area contributed by atoms with Crippen molar-refractivity contribution in [2.75, 3.05) is 19.5 Å². The first kappa shape index (κ1) is 16.7. The van der Waals surface area contributed by atoms with Crippen LogP contribution in [0.5, 0.6) is 0 Å². The molecule has 1 aromatic heterocycles. The number of furan rings is 1. The molecule has 0 saturated carbocycles. The summed E-state index contributed by atoms with van der Waals surface area (Å²) in [5, 5.41) is 6.18. The zero-order chi connectivity index (χ0) is 17.8. The quantitative estimate of drug-likeness (QED) is 0.749. The van der Waals surface area contributed by atoms with Crippen LogP contribution in [0.4, 0.5) is 5.69 Å². The van der Waals surface area contributed by atoms with Gasteiger partial charge < -0.3 is 19.8 Å². The number of benzene rings is 2. The van der Waals surface area contributed by atoms with Gasteiger partial charge in [0.05, 0.1) is 6.61 Å².